The number of amides is 1. The maximum Gasteiger partial charge on any atom is 0.271 e. The number of methoxy groups -OCH3 is 3. The lowest BCUT2D eigenvalue weighted by atomic mass is 10.2. The molecule has 7 nitrogen and oxygen atoms in total. The Bertz CT molecular complexity index is 1080. The van der Waals surface area contributed by atoms with Gasteiger partial charge < -0.3 is 18.9 Å². The fraction of sp³-hybridized carbons (Fsp3) is 0.167. The molecule has 0 spiro atoms. The number of rotatable bonds is 9. The molecule has 8 heteroatoms. The largest absolute Gasteiger partial charge is 0.497 e. The first-order chi connectivity index (χ1) is 15.5. The Kier molecular flexibility index (Phi) is 7.64. The highest BCUT2D eigenvalue weighted by Crippen LogP contribution is 2.28. The maximum atomic E-state index is 13.0. The highest BCUT2D eigenvalue weighted by atomic mass is 19.1. The molecule has 166 valence electrons. The molecule has 3 aromatic rings. The van der Waals surface area contributed by atoms with E-state index in [1.165, 1.54) is 39.7 Å². The van der Waals surface area contributed by atoms with Crippen molar-refractivity contribution >= 4 is 12.1 Å². The molecule has 0 unspecified atom stereocenters. The van der Waals surface area contributed by atoms with Crippen LogP contribution in [0.15, 0.2) is 65.8 Å². The standard InChI is InChI=1S/C24H23FN2O5/c1-29-20-11-18(12-21(13-20)30-2)24(28)27-26-14-17-6-9-22(23(10-17)31-3)32-15-16-4-7-19(25)8-5-16/h4-14H,15H2,1-3H3,(H,27,28). The van der Waals surface area contributed by atoms with Gasteiger partial charge in [0.05, 0.1) is 27.5 Å². The lowest BCUT2D eigenvalue weighted by Crippen LogP contribution is -2.17. The molecule has 32 heavy (non-hydrogen) atoms. The summed E-state index contributed by atoms with van der Waals surface area (Å²) in [7, 11) is 4.54. The van der Waals surface area contributed by atoms with Crippen LogP contribution in [0.1, 0.15) is 21.5 Å². The zero-order valence-electron chi connectivity index (χ0n) is 17.9. The average Bonchev–Trinajstić information content (AvgIpc) is 2.83. The third-order valence-corrected chi connectivity index (χ3v) is 4.49. The van der Waals surface area contributed by atoms with E-state index in [0.29, 0.717) is 34.1 Å². The summed E-state index contributed by atoms with van der Waals surface area (Å²) in [6.45, 7) is 0.268. The van der Waals surface area contributed by atoms with E-state index < -0.39 is 5.91 Å². The van der Waals surface area contributed by atoms with Crippen molar-refractivity contribution in [3.63, 3.8) is 0 Å². The quantitative estimate of drug-likeness (QED) is 0.400. The van der Waals surface area contributed by atoms with E-state index in [0.717, 1.165) is 5.56 Å². The van der Waals surface area contributed by atoms with E-state index in [1.807, 2.05) is 0 Å². The van der Waals surface area contributed by atoms with E-state index in [-0.39, 0.29) is 12.4 Å². The summed E-state index contributed by atoms with van der Waals surface area (Å²) < 4.78 is 34.5. The number of nitrogens with one attached hydrogen (secondary N) is 1. The van der Waals surface area contributed by atoms with Gasteiger partial charge in [0.15, 0.2) is 11.5 Å². The number of carbonyl (C=O) groups excluding carboxylic acids is 1. The average molecular weight is 438 g/mol. The van der Waals surface area contributed by atoms with Crippen LogP contribution >= 0.6 is 0 Å². The third kappa shape index (κ3) is 5.98. The molecular formula is C24H23FN2O5. The Labute approximate surface area is 185 Å². The van der Waals surface area contributed by atoms with Gasteiger partial charge in [0, 0.05) is 11.6 Å². The second-order valence-electron chi connectivity index (χ2n) is 6.63. The van der Waals surface area contributed by atoms with Crippen LogP contribution in [0.25, 0.3) is 0 Å². The summed E-state index contributed by atoms with van der Waals surface area (Å²) in [4.78, 5) is 12.4. The minimum Gasteiger partial charge on any atom is -0.497 e. The van der Waals surface area contributed by atoms with Gasteiger partial charge in [-0.2, -0.15) is 5.10 Å². The van der Waals surface area contributed by atoms with Crippen LogP contribution in [0.3, 0.4) is 0 Å². The van der Waals surface area contributed by atoms with Gasteiger partial charge in [-0.25, -0.2) is 9.82 Å². The fourth-order valence-electron chi connectivity index (χ4n) is 2.79. The van der Waals surface area contributed by atoms with Gasteiger partial charge >= 0.3 is 0 Å². The van der Waals surface area contributed by atoms with Crippen molar-refractivity contribution in [1.82, 2.24) is 5.43 Å². The van der Waals surface area contributed by atoms with E-state index in [2.05, 4.69) is 10.5 Å². The molecule has 3 aromatic carbocycles. The smallest absolute Gasteiger partial charge is 0.271 e. The second kappa shape index (κ2) is 10.8. The van der Waals surface area contributed by atoms with E-state index in [4.69, 9.17) is 18.9 Å². The number of ether oxygens (including phenoxy) is 4. The van der Waals surface area contributed by atoms with Crippen LogP contribution in [0.4, 0.5) is 4.39 Å². The molecule has 1 amide bonds. The van der Waals surface area contributed by atoms with E-state index >= 15 is 0 Å². The van der Waals surface area contributed by atoms with Crippen molar-refractivity contribution < 1.29 is 28.1 Å². The lowest BCUT2D eigenvalue weighted by Gasteiger charge is -2.11. The predicted octanol–water partition coefficient (Wildman–Crippen LogP) is 4.19. The van der Waals surface area contributed by atoms with Crippen molar-refractivity contribution in [2.24, 2.45) is 5.10 Å². The molecule has 0 saturated carbocycles. The molecule has 0 aliphatic carbocycles. The number of hydrogen-bond acceptors (Lipinski definition) is 6. The summed E-state index contributed by atoms with van der Waals surface area (Å²) in [6.07, 6.45) is 1.49. The molecular weight excluding hydrogens is 415 g/mol. The normalized spacial score (nSPS) is 10.6. The highest BCUT2D eigenvalue weighted by molar-refractivity contribution is 5.95. The number of hydrazone groups is 1. The van der Waals surface area contributed by atoms with Gasteiger partial charge in [0.2, 0.25) is 0 Å². The lowest BCUT2D eigenvalue weighted by molar-refractivity contribution is 0.0954. The van der Waals surface area contributed by atoms with Crippen molar-refractivity contribution in [3.05, 3.63) is 83.2 Å². The molecule has 0 aliphatic rings. The Morgan fingerprint density at radius 3 is 2.22 bits per heavy atom. The Morgan fingerprint density at radius 2 is 1.59 bits per heavy atom. The van der Waals surface area contributed by atoms with Crippen molar-refractivity contribution in [2.45, 2.75) is 6.61 Å². The van der Waals surface area contributed by atoms with Crippen LogP contribution in [0.2, 0.25) is 0 Å². The van der Waals surface area contributed by atoms with Gasteiger partial charge in [-0.1, -0.05) is 12.1 Å². The maximum absolute atomic E-state index is 13.0. The molecule has 0 heterocycles. The topological polar surface area (TPSA) is 78.4 Å². The van der Waals surface area contributed by atoms with Gasteiger partial charge in [-0.05, 0) is 53.6 Å². The zero-order valence-corrected chi connectivity index (χ0v) is 17.9. The molecule has 1 N–H and O–H groups in total. The molecule has 3 rings (SSSR count). The first-order valence-electron chi connectivity index (χ1n) is 9.64. The minimum atomic E-state index is -0.412. The van der Waals surface area contributed by atoms with Crippen molar-refractivity contribution in [1.29, 1.82) is 0 Å². The van der Waals surface area contributed by atoms with Crippen LogP contribution in [-0.2, 0) is 6.61 Å². The molecule has 0 aliphatic heterocycles. The summed E-state index contributed by atoms with van der Waals surface area (Å²) >= 11 is 0. The summed E-state index contributed by atoms with van der Waals surface area (Å²) in [6, 6.07) is 16.2. The van der Waals surface area contributed by atoms with Gasteiger partial charge in [0.25, 0.3) is 5.91 Å². The van der Waals surface area contributed by atoms with E-state index in [9.17, 15) is 9.18 Å². The number of benzene rings is 3. The van der Waals surface area contributed by atoms with Crippen LogP contribution in [0, 0.1) is 5.82 Å². The predicted molar refractivity (Wildman–Crippen MR) is 118 cm³/mol. The number of carbonyl (C=O) groups is 1. The molecule has 0 aromatic heterocycles. The van der Waals surface area contributed by atoms with Crippen molar-refractivity contribution in [2.75, 3.05) is 21.3 Å². The van der Waals surface area contributed by atoms with Crippen LogP contribution in [0.5, 0.6) is 23.0 Å². The first-order valence-corrected chi connectivity index (χ1v) is 9.64. The minimum absolute atomic E-state index is 0.268. The second-order valence-corrected chi connectivity index (χ2v) is 6.63. The number of hydrogen-bond donors (Lipinski definition) is 1. The molecule has 0 radical (unpaired) electrons. The van der Waals surface area contributed by atoms with Crippen LogP contribution in [-0.4, -0.2) is 33.5 Å². The molecule has 0 bridgehead atoms. The monoisotopic (exact) mass is 438 g/mol. The number of halogens is 1. The Balaban J connectivity index is 1.64. The molecule has 0 fully saturated rings. The summed E-state index contributed by atoms with van der Waals surface area (Å²) in [5.41, 5.74) is 4.34. The molecule has 0 atom stereocenters. The summed E-state index contributed by atoms with van der Waals surface area (Å²) in [5.74, 6) is 1.32. The van der Waals surface area contributed by atoms with Crippen LogP contribution < -0.4 is 24.4 Å². The summed E-state index contributed by atoms with van der Waals surface area (Å²) in [5, 5.41) is 4.00. The number of nitrogens with zero attached hydrogens (tertiary/aromatic N) is 1. The fourth-order valence-corrected chi connectivity index (χ4v) is 2.79. The Morgan fingerprint density at radius 1 is 0.906 bits per heavy atom. The van der Waals surface area contributed by atoms with Gasteiger partial charge in [0.1, 0.15) is 23.9 Å². The van der Waals surface area contributed by atoms with Gasteiger partial charge in [-0.15, -0.1) is 0 Å². The zero-order chi connectivity index (χ0) is 22.9. The van der Waals surface area contributed by atoms with Crippen molar-refractivity contribution in [3.8, 4) is 23.0 Å². The highest BCUT2D eigenvalue weighted by Gasteiger charge is 2.10. The van der Waals surface area contributed by atoms with E-state index in [1.54, 1.807) is 48.5 Å². The SMILES string of the molecule is COc1cc(OC)cc(C(=O)NN=Cc2ccc(OCc3ccc(F)cc3)c(OC)c2)c1. The molecule has 0 saturated heterocycles. The van der Waals surface area contributed by atoms with Gasteiger partial charge in [-0.3, -0.25) is 4.79 Å². The first kappa shape index (κ1) is 22.6. The third-order valence-electron chi connectivity index (χ3n) is 4.49. The Hall–Kier alpha value is -4.07.